The Balaban J connectivity index is 2.18. The fourth-order valence-electron chi connectivity index (χ4n) is 0.910. The van der Waals surface area contributed by atoms with Gasteiger partial charge in [-0.1, -0.05) is 0 Å². The molecule has 0 bridgehead atoms. The van der Waals surface area contributed by atoms with Crippen molar-refractivity contribution in [3.8, 4) is 0 Å². The zero-order valence-corrected chi connectivity index (χ0v) is 6.21. The van der Waals surface area contributed by atoms with Gasteiger partial charge >= 0.3 is 0 Å². The fraction of sp³-hybridized carbons (Fsp3) is 0.857. The summed E-state index contributed by atoms with van der Waals surface area (Å²) in [7, 11) is 1.73. The number of amides is 1. The molecule has 1 saturated carbocycles. The Hall–Kier alpha value is -0.570. The summed E-state index contributed by atoms with van der Waals surface area (Å²) in [4.78, 5) is 12.3. The van der Waals surface area contributed by atoms with Crippen LogP contribution in [0.5, 0.6) is 0 Å². The third-order valence-electron chi connectivity index (χ3n) is 1.79. The summed E-state index contributed by atoms with van der Waals surface area (Å²) < 4.78 is 0. The molecule has 10 heavy (non-hydrogen) atoms. The van der Waals surface area contributed by atoms with Gasteiger partial charge in [0.2, 0.25) is 5.91 Å². The molecule has 0 saturated heterocycles. The van der Waals surface area contributed by atoms with E-state index in [1.54, 1.807) is 11.9 Å². The molecule has 0 aromatic carbocycles. The number of hydrogen-bond donors (Lipinski definition) is 1. The Morgan fingerprint density at radius 1 is 1.70 bits per heavy atom. The number of nitrogens with zero attached hydrogens (tertiary/aromatic N) is 1. The lowest BCUT2D eigenvalue weighted by Crippen LogP contribution is -2.30. The van der Waals surface area contributed by atoms with Gasteiger partial charge in [-0.15, -0.1) is 0 Å². The molecule has 0 aromatic heterocycles. The van der Waals surface area contributed by atoms with Gasteiger partial charge in [-0.3, -0.25) is 4.79 Å². The third kappa shape index (κ3) is 1.99. The van der Waals surface area contributed by atoms with Gasteiger partial charge in [-0.2, -0.15) is 0 Å². The first-order valence-electron chi connectivity index (χ1n) is 3.59. The van der Waals surface area contributed by atoms with Crippen molar-refractivity contribution in [2.75, 3.05) is 20.2 Å². The van der Waals surface area contributed by atoms with Gasteiger partial charge in [-0.25, -0.2) is 0 Å². The average Bonchev–Trinajstić information content (AvgIpc) is 2.70. The summed E-state index contributed by atoms with van der Waals surface area (Å²) in [6, 6.07) is 0. The second-order valence-corrected chi connectivity index (χ2v) is 2.88. The summed E-state index contributed by atoms with van der Waals surface area (Å²) in [6.45, 7) is 0.461. The molecular formula is C7H13NO2. The predicted octanol–water partition coefficient (Wildman–Crippen LogP) is -0.153. The van der Waals surface area contributed by atoms with Crippen LogP contribution in [0.1, 0.15) is 12.8 Å². The van der Waals surface area contributed by atoms with E-state index in [-0.39, 0.29) is 12.5 Å². The largest absolute Gasteiger partial charge is 0.387 e. The lowest BCUT2D eigenvalue weighted by Gasteiger charge is -2.14. The molecule has 1 aliphatic carbocycles. The number of carbonyl (C=O) groups is 1. The minimum Gasteiger partial charge on any atom is -0.387 e. The van der Waals surface area contributed by atoms with Crippen molar-refractivity contribution in [2.45, 2.75) is 12.8 Å². The van der Waals surface area contributed by atoms with Crippen LogP contribution in [0.25, 0.3) is 0 Å². The molecule has 0 aliphatic heterocycles. The molecule has 1 fully saturated rings. The molecule has 1 aliphatic rings. The van der Waals surface area contributed by atoms with Gasteiger partial charge in [0.15, 0.2) is 0 Å². The number of rotatable bonds is 3. The molecule has 1 N–H and O–H groups in total. The van der Waals surface area contributed by atoms with E-state index in [0.717, 1.165) is 6.54 Å². The van der Waals surface area contributed by atoms with Crippen molar-refractivity contribution < 1.29 is 9.90 Å². The van der Waals surface area contributed by atoms with E-state index in [9.17, 15) is 4.79 Å². The van der Waals surface area contributed by atoms with Crippen LogP contribution >= 0.6 is 0 Å². The van der Waals surface area contributed by atoms with E-state index in [1.165, 1.54) is 12.8 Å². The third-order valence-corrected chi connectivity index (χ3v) is 1.79. The Morgan fingerprint density at radius 2 is 2.30 bits per heavy atom. The first kappa shape index (κ1) is 7.54. The van der Waals surface area contributed by atoms with Crippen LogP contribution in [-0.2, 0) is 4.79 Å². The Labute approximate surface area is 60.6 Å². The van der Waals surface area contributed by atoms with Crippen LogP contribution in [0.2, 0.25) is 0 Å². The highest BCUT2D eigenvalue weighted by atomic mass is 16.3. The van der Waals surface area contributed by atoms with E-state index in [1.807, 2.05) is 0 Å². The number of aliphatic hydroxyl groups excluding tert-OH is 1. The average molecular weight is 143 g/mol. The maximum absolute atomic E-state index is 10.8. The van der Waals surface area contributed by atoms with E-state index in [4.69, 9.17) is 5.11 Å². The van der Waals surface area contributed by atoms with Crippen molar-refractivity contribution in [2.24, 2.45) is 5.92 Å². The maximum Gasteiger partial charge on any atom is 0.248 e. The zero-order chi connectivity index (χ0) is 7.56. The Kier molecular flexibility index (Phi) is 2.27. The normalized spacial score (nSPS) is 17.0. The molecule has 0 unspecified atom stereocenters. The van der Waals surface area contributed by atoms with Gasteiger partial charge in [0.1, 0.15) is 6.61 Å². The number of hydrogen-bond acceptors (Lipinski definition) is 2. The number of likely N-dealkylation sites (N-methyl/N-ethyl adjacent to an activating group) is 1. The Bertz CT molecular complexity index is 132. The standard InChI is InChI=1S/C7H13NO2/c1-8(7(10)5-9)4-6-2-3-6/h6,9H,2-5H2,1H3. The topological polar surface area (TPSA) is 40.5 Å². The number of carbonyl (C=O) groups excluding carboxylic acids is 1. The molecule has 3 nitrogen and oxygen atoms in total. The molecule has 3 heteroatoms. The monoisotopic (exact) mass is 143 g/mol. The summed E-state index contributed by atoms with van der Waals surface area (Å²) in [6.07, 6.45) is 2.48. The van der Waals surface area contributed by atoms with Gasteiger partial charge in [0, 0.05) is 13.6 Å². The van der Waals surface area contributed by atoms with Crippen molar-refractivity contribution in [1.29, 1.82) is 0 Å². The molecule has 58 valence electrons. The van der Waals surface area contributed by atoms with Crippen LogP contribution in [0.3, 0.4) is 0 Å². The van der Waals surface area contributed by atoms with Gasteiger partial charge in [0.05, 0.1) is 0 Å². The van der Waals surface area contributed by atoms with Crippen LogP contribution in [0.15, 0.2) is 0 Å². The van der Waals surface area contributed by atoms with Crippen molar-refractivity contribution >= 4 is 5.91 Å². The van der Waals surface area contributed by atoms with E-state index >= 15 is 0 Å². The molecule has 0 aromatic rings. The summed E-state index contributed by atoms with van der Waals surface area (Å²) in [5.74, 6) is 0.535. The number of aliphatic hydroxyl groups is 1. The van der Waals surface area contributed by atoms with Gasteiger partial charge in [0.25, 0.3) is 0 Å². The van der Waals surface area contributed by atoms with Gasteiger partial charge < -0.3 is 10.0 Å². The quantitative estimate of drug-likeness (QED) is 0.596. The molecule has 1 rings (SSSR count). The first-order chi connectivity index (χ1) is 4.74. The lowest BCUT2D eigenvalue weighted by atomic mass is 10.4. The minimum atomic E-state index is -0.358. The maximum atomic E-state index is 10.8. The molecule has 0 radical (unpaired) electrons. The van der Waals surface area contributed by atoms with E-state index < -0.39 is 0 Å². The Morgan fingerprint density at radius 3 is 2.70 bits per heavy atom. The molecule has 0 heterocycles. The predicted molar refractivity (Wildman–Crippen MR) is 37.4 cm³/mol. The van der Waals surface area contributed by atoms with Crippen LogP contribution in [-0.4, -0.2) is 36.1 Å². The molecular weight excluding hydrogens is 130 g/mol. The second kappa shape index (κ2) is 3.01. The summed E-state index contributed by atoms with van der Waals surface area (Å²) in [5.41, 5.74) is 0. The molecule has 0 spiro atoms. The van der Waals surface area contributed by atoms with Crippen LogP contribution in [0, 0.1) is 5.92 Å². The minimum absolute atomic E-state index is 0.174. The summed E-state index contributed by atoms with van der Waals surface area (Å²) in [5, 5.41) is 8.45. The fourth-order valence-corrected chi connectivity index (χ4v) is 0.910. The van der Waals surface area contributed by atoms with Crippen molar-refractivity contribution in [1.82, 2.24) is 4.90 Å². The smallest absolute Gasteiger partial charge is 0.248 e. The highest BCUT2D eigenvalue weighted by Gasteiger charge is 2.24. The summed E-state index contributed by atoms with van der Waals surface area (Å²) >= 11 is 0. The first-order valence-corrected chi connectivity index (χ1v) is 3.59. The van der Waals surface area contributed by atoms with Crippen molar-refractivity contribution in [3.05, 3.63) is 0 Å². The molecule has 0 atom stereocenters. The lowest BCUT2D eigenvalue weighted by molar-refractivity contribution is -0.133. The molecule has 1 amide bonds. The van der Waals surface area contributed by atoms with Crippen LogP contribution in [0.4, 0.5) is 0 Å². The highest BCUT2D eigenvalue weighted by molar-refractivity contribution is 5.76. The SMILES string of the molecule is CN(CC1CC1)C(=O)CO. The van der Waals surface area contributed by atoms with Gasteiger partial charge in [-0.05, 0) is 18.8 Å². The van der Waals surface area contributed by atoms with Crippen LogP contribution < -0.4 is 0 Å². The van der Waals surface area contributed by atoms with E-state index in [2.05, 4.69) is 0 Å². The zero-order valence-electron chi connectivity index (χ0n) is 6.21. The van der Waals surface area contributed by atoms with E-state index in [0.29, 0.717) is 5.92 Å². The van der Waals surface area contributed by atoms with Crippen molar-refractivity contribution in [3.63, 3.8) is 0 Å². The second-order valence-electron chi connectivity index (χ2n) is 2.88. The highest BCUT2D eigenvalue weighted by Crippen LogP contribution is 2.29.